The predicted octanol–water partition coefficient (Wildman–Crippen LogP) is 2.22. The minimum absolute atomic E-state index is 0.219. The molecule has 0 bridgehead atoms. The number of carbonyl (C=O) groups is 1. The first-order valence-corrected chi connectivity index (χ1v) is 8.36. The van der Waals surface area contributed by atoms with Gasteiger partial charge in [0.05, 0.1) is 6.10 Å². The van der Waals surface area contributed by atoms with E-state index in [1.54, 1.807) is 0 Å². The van der Waals surface area contributed by atoms with E-state index in [2.05, 4.69) is 5.32 Å². The first kappa shape index (κ1) is 15.8. The van der Waals surface area contributed by atoms with E-state index >= 15 is 0 Å². The Balaban J connectivity index is 1.54. The molecule has 0 aromatic carbocycles. The molecule has 2 aliphatic rings. The number of nitrogens with one attached hydrogen (secondary N) is 1. The molecule has 1 unspecified atom stereocenters. The fourth-order valence-corrected chi connectivity index (χ4v) is 3.41. The van der Waals surface area contributed by atoms with Crippen molar-refractivity contribution in [1.82, 2.24) is 5.32 Å². The summed E-state index contributed by atoms with van der Waals surface area (Å²) >= 11 is 0. The van der Waals surface area contributed by atoms with Crippen molar-refractivity contribution >= 4 is 5.91 Å². The average molecular weight is 282 g/mol. The number of nitrogens with two attached hydrogens (primary N) is 1. The molecule has 20 heavy (non-hydrogen) atoms. The van der Waals surface area contributed by atoms with E-state index < -0.39 is 0 Å². The number of amides is 1. The lowest BCUT2D eigenvalue weighted by Crippen LogP contribution is -2.31. The van der Waals surface area contributed by atoms with Gasteiger partial charge in [0.2, 0.25) is 5.91 Å². The van der Waals surface area contributed by atoms with E-state index in [-0.39, 0.29) is 5.91 Å². The van der Waals surface area contributed by atoms with Crippen LogP contribution in [0.15, 0.2) is 0 Å². The Morgan fingerprint density at radius 3 is 2.50 bits per heavy atom. The Hall–Kier alpha value is -0.610. The third-order valence-electron chi connectivity index (χ3n) is 4.84. The van der Waals surface area contributed by atoms with E-state index in [1.807, 2.05) is 0 Å². The molecule has 3 N–H and O–H groups in total. The number of carbonyl (C=O) groups excluding carboxylic acids is 1. The van der Waals surface area contributed by atoms with Crippen LogP contribution in [0, 0.1) is 11.8 Å². The molecule has 1 aliphatic heterocycles. The normalized spacial score (nSPS) is 30.9. The lowest BCUT2D eigenvalue weighted by molar-refractivity contribution is -0.122. The highest BCUT2D eigenvalue weighted by molar-refractivity contribution is 5.76. The topological polar surface area (TPSA) is 64.4 Å². The van der Waals surface area contributed by atoms with E-state index in [4.69, 9.17) is 10.5 Å². The molecule has 1 amide bonds. The van der Waals surface area contributed by atoms with Gasteiger partial charge in [-0.05, 0) is 69.7 Å². The first-order chi connectivity index (χ1) is 9.78. The fraction of sp³-hybridized carbons (Fsp3) is 0.938. The molecule has 0 aromatic rings. The highest BCUT2D eigenvalue weighted by Crippen LogP contribution is 2.30. The monoisotopic (exact) mass is 282 g/mol. The molecule has 2 rings (SSSR count). The largest absolute Gasteiger partial charge is 0.378 e. The predicted molar refractivity (Wildman–Crippen MR) is 80.3 cm³/mol. The van der Waals surface area contributed by atoms with Crippen LogP contribution in [0.1, 0.15) is 57.8 Å². The van der Waals surface area contributed by atoms with Crippen LogP contribution in [0.4, 0.5) is 0 Å². The lowest BCUT2D eigenvalue weighted by Gasteiger charge is -2.27. The number of hydrogen-bond acceptors (Lipinski definition) is 3. The number of rotatable bonds is 6. The second-order valence-electron chi connectivity index (χ2n) is 6.45. The lowest BCUT2D eigenvalue weighted by atomic mass is 9.80. The van der Waals surface area contributed by atoms with Crippen molar-refractivity contribution in [3.8, 4) is 0 Å². The Bertz CT molecular complexity index is 282. The summed E-state index contributed by atoms with van der Waals surface area (Å²) < 4.78 is 5.67. The molecule has 1 saturated carbocycles. The third-order valence-corrected chi connectivity index (χ3v) is 4.84. The number of hydrogen-bond donors (Lipinski definition) is 2. The van der Waals surface area contributed by atoms with Crippen molar-refractivity contribution in [2.45, 2.75) is 63.9 Å². The zero-order valence-electron chi connectivity index (χ0n) is 12.6. The zero-order valence-corrected chi connectivity index (χ0v) is 12.6. The van der Waals surface area contributed by atoms with Crippen LogP contribution in [0.2, 0.25) is 0 Å². The minimum atomic E-state index is 0.219. The van der Waals surface area contributed by atoms with Gasteiger partial charge in [0.25, 0.3) is 0 Å². The number of ether oxygens (including phenoxy) is 1. The molecule has 4 heteroatoms. The van der Waals surface area contributed by atoms with Crippen molar-refractivity contribution < 1.29 is 9.53 Å². The van der Waals surface area contributed by atoms with E-state index in [9.17, 15) is 4.79 Å². The molecule has 0 radical (unpaired) electrons. The van der Waals surface area contributed by atoms with E-state index in [0.29, 0.717) is 24.4 Å². The average Bonchev–Trinajstić information content (AvgIpc) is 2.49. The van der Waals surface area contributed by atoms with Crippen LogP contribution in [-0.2, 0) is 9.53 Å². The summed E-state index contributed by atoms with van der Waals surface area (Å²) in [5.41, 5.74) is 5.70. The Labute approximate surface area is 122 Å². The van der Waals surface area contributed by atoms with Gasteiger partial charge in [0.15, 0.2) is 0 Å². The zero-order chi connectivity index (χ0) is 14.2. The standard InChI is InChI=1S/C16H30N2O2/c17-12-14-6-4-13(5-7-14)11-16(19)18-9-8-15-3-1-2-10-20-15/h13-15H,1-12,17H2,(H,18,19). The van der Waals surface area contributed by atoms with Gasteiger partial charge in [0, 0.05) is 19.6 Å². The van der Waals surface area contributed by atoms with Crippen LogP contribution in [0.3, 0.4) is 0 Å². The summed E-state index contributed by atoms with van der Waals surface area (Å²) in [6.45, 7) is 2.46. The molecular weight excluding hydrogens is 252 g/mol. The Kier molecular flexibility index (Phi) is 6.80. The fourth-order valence-electron chi connectivity index (χ4n) is 3.41. The van der Waals surface area contributed by atoms with Crippen LogP contribution in [0.5, 0.6) is 0 Å². The van der Waals surface area contributed by atoms with E-state index in [1.165, 1.54) is 38.5 Å². The summed E-state index contributed by atoms with van der Waals surface area (Å²) in [5, 5.41) is 3.06. The van der Waals surface area contributed by atoms with Crippen LogP contribution in [-0.4, -0.2) is 31.7 Å². The summed E-state index contributed by atoms with van der Waals surface area (Å²) in [5.74, 6) is 1.48. The van der Waals surface area contributed by atoms with Crippen molar-refractivity contribution in [3.05, 3.63) is 0 Å². The minimum Gasteiger partial charge on any atom is -0.378 e. The molecule has 2 fully saturated rings. The van der Waals surface area contributed by atoms with Gasteiger partial charge in [-0.15, -0.1) is 0 Å². The maximum absolute atomic E-state index is 11.9. The highest BCUT2D eigenvalue weighted by atomic mass is 16.5. The van der Waals surface area contributed by atoms with Crippen molar-refractivity contribution in [1.29, 1.82) is 0 Å². The molecule has 1 atom stereocenters. The quantitative estimate of drug-likeness (QED) is 0.785. The Morgan fingerprint density at radius 2 is 1.85 bits per heavy atom. The molecule has 116 valence electrons. The molecule has 4 nitrogen and oxygen atoms in total. The second-order valence-corrected chi connectivity index (χ2v) is 6.45. The van der Waals surface area contributed by atoms with Crippen molar-refractivity contribution in [3.63, 3.8) is 0 Å². The van der Waals surface area contributed by atoms with Gasteiger partial charge < -0.3 is 15.8 Å². The van der Waals surface area contributed by atoms with Crippen LogP contribution in [0.25, 0.3) is 0 Å². The van der Waals surface area contributed by atoms with Crippen molar-refractivity contribution in [2.24, 2.45) is 17.6 Å². The van der Waals surface area contributed by atoms with E-state index in [0.717, 1.165) is 32.5 Å². The summed E-state index contributed by atoms with van der Waals surface area (Å²) in [4.78, 5) is 11.9. The van der Waals surface area contributed by atoms with Crippen LogP contribution >= 0.6 is 0 Å². The molecule has 1 saturated heterocycles. The SMILES string of the molecule is NCC1CCC(CC(=O)NCCC2CCCCO2)CC1. The maximum atomic E-state index is 11.9. The highest BCUT2D eigenvalue weighted by Gasteiger charge is 2.22. The third kappa shape index (κ3) is 5.41. The smallest absolute Gasteiger partial charge is 0.220 e. The van der Waals surface area contributed by atoms with Crippen LogP contribution < -0.4 is 11.1 Å². The van der Waals surface area contributed by atoms with Gasteiger partial charge in [-0.1, -0.05) is 0 Å². The van der Waals surface area contributed by atoms with Gasteiger partial charge in [-0.2, -0.15) is 0 Å². The molecule has 1 aliphatic carbocycles. The summed E-state index contributed by atoms with van der Waals surface area (Å²) in [6.07, 6.45) is 10.4. The maximum Gasteiger partial charge on any atom is 0.220 e. The molecule has 0 spiro atoms. The first-order valence-electron chi connectivity index (χ1n) is 8.36. The molecular formula is C16H30N2O2. The Morgan fingerprint density at radius 1 is 1.10 bits per heavy atom. The van der Waals surface area contributed by atoms with Gasteiger partial charge in [-0.25, -0.2) is 0 Å². The summed E-state index contributed by atoms with van der Waals surface area (Å²) in [6, 6.07) is 0. The molecule has 0 aromatic heterocycles. The molecule has 1 heterocycles. The van der Waals surface area contributed by atoms with Gasteiger partial charge >= 0.3 is 0 Å². The van der Waals surface area contributed by atoms with Gasteiger partial charge in [0.1, 0.15) is 0 Å². The second kappa shape index (κ2) is 8.63. The van der Waals surface area contributed by atoms with Gasteiger partial charge in [-0.3, -0.25) is 4.79 Å². The summed E-state index contributed by atoms with van der Waals surface area (Å²) in [7, 11) is 0. The van der Waals surface area contributed by atoms with Crippen molar-refractivity contribution in [2.75, 3.05) is 19.7 Å².